The van der Waals surface area contributed by atoms with Crippen molar-refractivity contribution in [2.24, 2.45) is 11.7 Å². The molecule has 1 fully saturated rings. The summed E-state index contributed by atoms with van der Waals surface area (Å²) in [6.07, 6.45) is 5.41. The molecule has 0 bridgehead atoms. The molecule has 1 aliphatic heterocycles. The van der Waals surface area contributed by atoms with Crippen LogP contribution in [0.2, 0.25) is 6.04 Å². The van der Waals surface area contributed by atoms with E-state index >= 15 is 0 Å². The lowest BCUT2D eigenvalue weighted by atomic mass is 9.89. The molecule has 0 spiro atoms. The zero-order chi connectivity index (χ0) is 13.6. The van der Waals surface area contributed by atoms with Crippen molar-refractivity contribution in [3.8, 4) is 0 Å². The van der Waals surface area contributed by atoms with Gasteiger partial charge in [0.25, 0.3) is 0 Å². The Morgan fingerprint density at radius 3 is 2.39 bits per heavy atom. The second kappa shape index (κ2) is 7.00. The van der Waals surface area contributed by atoms with Gasteiger partial charge in [-0.2, -0.15) is 0 Å². The molecule has 2 N–H and O–H groups in total. The molecule has 1 heterocycles. The van der Waals surface area contributed by atoms with Crippen LogP contribution in [0.4, 0.5) is 0 Å². The summed E-state index contributed by atoms with van der Waals surface area (Å²) in [5.41, 5.74) is 5.70. The van der Waals surface area contributed by atoms with Crippen LogP contribution in [0.25, 0.3) is 0 Å². The highest BCUT2D eigenvalue weighted by Gasteiger charge is 2.62. The van der Waals surface area contributed by atoms with Crippen molar-refractivity contribution in [1.82, 2.24) is 0 Å². The fourth-order valence-electron chi connectivity index (χ4n) is 3.69. The van der Waals surface area contributed by atoms with Gasteiger partial charge in [-0.25, -0.2) is 0 Å². The first-order valence-electron chi connectivity index (χ1n) is 7.01. The summed E-state index contributed by atoms with van der Waals surface area (Å²) in [4.78, 5) is 0. The van der Waals surface area contributed by atoms with E-state index in [1.165, 1.54) is 12.8 Å². The number of hydrogen-bond acceptors (Lipinski definition) is 4. The summed E-state index contributed by atoms with van der Waals surface area (Å²) in [5, 5.41) is -0.233. The van der Waals surface area contributed by atoms with E-state index in [0.29, 0.717) is 12.5 Å². The molecular formula is C13H29NO3Si. The first-order valence-corrected chi connectivity index (χ1v) is 9.04. The third-order valence-corrected chi connectivity index (χ3v) is 9.11. The van der Waals surface area contributed by atoms with Crippen LogP contribution in [-0.2, 0) is 13.6 Å². The van der Waals surface area contributed by atoms with Crippen LogP contribution >= 0.6 is 0 Å². The molecule has 0 aromatic carbocycles. The van der Waals surface area contributed by atoms with Crippen molar-refractivity contribution in [3.63, 3.8) is 0 Å². The smallest absolute Gasteiger partial charge is 0.371 e. The summed E-state index contributed by atoms with van der Waals surface area (Å²) in [6.45, 7) is 2.93. The van der Waals surface area contributed by atoms with E-state index in [2.05, 4.69) is 6.92 Å². The second-order valence-corrected chi connectivity index (χ2v) is 8.81. The highest BCUT2D eigenvalue weighted by molar-refractivity contribution is 6.70. The fourth-order valence-corrected chi connectivity index (χ4v) is 7.89. The lowest BCUT2D eigenvalue weighted by Gasteiger charge is -2.52. The van der Waals surface area contributed by atoms with E-state index in [4.69, 9.17) is 19.3 Å². The maximum Gasteiger partial charge on any atom is 0.371 e. The molecule has 1 saturated heterocycles. The normalized spacial score (nSPS) is 31.5. The molecule has 0 aromatic rings. The quantitative estimate of drug-likeness (QED) is 0.724. The van der Waals surface area contributed by atoms with Crippen LogP contribution in [0.1, 0.15) is 39.0 Å². The zero-order valence-electron chi connectivity index (χ0n) is 12.3. The van der Waals surface area contributed by atoms with Crippen molar-refractivity contribution in [2.75, 3.05) is 27.9 Å². The Labute approximate surface area is 112 Å². The Hall–Kier alpha value is 0.0569. The standard InChI is InChI=1S/C13H29NO3Si/c1-5-12-8-6-11-18(16-3,17-4)13(12,15-2)9-7-10-14/h12H,5-11,14H2,1-4H3. The lowest BCUT2D eigenvalue weighted by Crippen LogP contribution is -2.68. The molecule has 4 nitrogen and oxygen atoms in total. The average Bonchev–Trinajstić information content (AvgIpc) is 2.44. The first kappa shape index (κ1) is 16.1. The Bertz CT molecular complexity index is 248. The van der Waals surface area contributed by atoms with Gasteiger partial charge in [0.2, 0.25) is 0 Å². The van der Waals surface area contributed by atoms with Gasteiger partial charge in [-0.15, -0.1) is 0 Å². The van der Waals surface area contributed by atoms with Crippen LogP contribution in [0, 0.1) is 5.92 Å². The topological polar surface area (TPSA) is 53.7 Å². The maximum atomic E-state index is 6.04. The minimum atomic E-state index is -2.31. The minimum absolute atomic E-state index is 0.233. The van der Waals surface area contributed by atoms with Crippen LogP contribution in [0.5, 0.6) is 0 Å². The third-order valence-electron chi connectivity index (χ3n) is 4.63. The van der Waals surface area contributed by atoms with Crippen molar-refractivity contribution in [1.29, 1.82) is 0 Å². The Kier molecular flexibility index (Phi) is 6.27. The summed E-state index contributed by atoms with van der Waals surface area (Å²) >= 11 is 0. The van der Waals surface area contributed by atoms with Crippen LogP contribution in [-0.4, -0.2) is 41.7 Å². The highest BCUT2D eigenvalue weighted by Crippen LogP contribution is 2.47. The molecule has 18 heavy (non-hydrogen) atoms. The van der Waals surface area contributed by atoms with Crippen molar-refractivity contribution in [2.45, 2.75) is 50.3 Å². The maximum absolute atomic E-state index is 6.04. The number of nitrogens with two attached hydrogens (primary N) is 1. The lowest BCUT2D eigenvalue weighted by molar-refractivity contribution is -0.0551. The Morgan fingerprint density at radius 2 is 1.94 bits per heavy atom. The van der Waals surface area contributed by atoms with Gasteiger partial charge in [0.05, 0.1) is 0 Å². The van der Waals surface area contributed by atoms with E-state index < -0.39 is 8.56 Å². The third kappa shape index (κ3) is 2.51. The van der Waals surface area contributed by atoms with Crippen molar-refractivity contribution in [3.05, 3.63) is 0 Å². The van der Waals surface area contributed by atoms with Gasteiger partial charge in [-0.1, -0.05) is 19.8 Å². The van der Waals surface area contributed by atoms with E-state index in [1.54, 1.807) is 14.2 Å². The molecule has 108 valence electrons. The highest BCUT2D eigenvalue weighted by atomic mass is 28.4. The summed E-state index contributed by atoms with van der Waals surface area (Å²) in [6, 6.07) is 1.02. The van der Waals surface area contributed by atoms with Crippen molar-refractivity contribution < 1.29 is 13.6 Å². The molecule has 0 amide bonds. The van der Waals surface area contributed by atoms with Gasteiger partial charge in [0.15, 0.2) is 0 Å². The van der Waals surface area contributed by atoms with Gasteiger partial charge in [-0.3, -0.25) is 0 Å². The summed E-state index contributed by atoms with van der Waals surface area (Å²) in [5.74, 6) is 0.523. The molecule has 0 aliphatic carbocycles. The molecule has 2 atom stereocenters. The molecule has 1 aliphatic rings. The molecule has 0 radical (unpaired) electrons. The van der Waals surface area contributed by atoms with E-state index in [0.717, 1.165) is 25.3 Å². The first-order chi connectivity index (χ1) is 8.66. The number of ether oxygens (including phenoxy) is 1. The summed E-state index contributed by atoms with van der Waals surface area (Å²) < 4.78 is 17.9. The number of methoxy groups -OCH3 is 1. The minimum Gasteiger partial charge on any atom is -0.396 e. The Balaban J connectivity index is 3.11. The van der Waals surface area contributed by atoms with E-state index in [1.807, 2.05) is 7.11 Å². The fraction of sp³-hybridized carbons (Fsp3) is 1.00. The largest absolute Gasteiger partial charge is 0.396 e. The predicted molar refractivity (Wildman–Crippen MR) is 75.6 cm³/mol. The van der Waals surface area contributed by atoms with Crippen LogP contribution < -0.4 is 5.73 Å². The SMILES string of the molecule is CCC1CCC[Si](OC)(OC)C1(CCCN)OC. The molecule has 1 rings (SSSR count). The average molecular weight is 275 g/mol. The number of hydrogen-bond donors (Lipinski definition) is 1. The van der Waals surface area contributed by atoms with Gasteiger partial charge in [-0.05, 0) is 37.8 Å². The van der Waals surface area contributed by atoms with Gasteiger partial charge < -0.3 is 19.3 Å². The molecular weight excluding hydrogens is 246 g/mol. The van der Waals surface area contributed by atoms with Gasteiger partial charge in [0.1, 0.15) is 5.22 Å². The molecule has 0 saturated carbocycles. The zero-order valence-corrected chi connectivity index (χ0v) is 13.3. The number of rotatable bonds is 7. The van der Waals surface area contributed by atoms with E-state index in [-0.39, 0.29) is 5.22 Å². The van der Waals surface area contributed by atoms with Crippen LogP contribution in [0.15, 0.2) is 0 Å². The second-order valence-electron chi connectivity index (χ2n) is 5.14. The Morgan fingerprint density at radius 1 is 1.28 bits per heavy atom. The van der Waals surface area contributed by atoms with E-state index in [9.17, 15) is 0 Å². The van der Waals surface area contributed by atoms with Gasteiger partial charge >= 0.3 is 8.56 Å². The summed E-state index contributed by atoms with van der Waals surface area (Å²) in [7, 11) is 3.06. The molecule has 5 heteroatoms. The predicted octanol–water partition coefficient (Wildman–Crippen LogP) is 2.20. The monoisotopic (exact) mass is 275 g/mol. The van der Waals surface area contributed by atoms with Gasteiger partial charge in [0, 0.05) is 21.3 Å². The van der Waals surface area contributed by atoms with Crippen molar-refractivity contribution >= 4 is 8.56 Å². The molecule has 0 aromatic heterocycles. The molecule has 2 unspecified atom stereocenters. The van der Waals surface area contributed by atoms with Crippen LogP contribution in [0.3, 0.4) is 0 Å².